The molecule has 2 aromatic carbocycles. The van der Waals surface area contributed by atoms with Crippen molar-refractivity contribution < 1.29 is 27.4 Å². The van der Waals surface area contributed by atoms with Gasteiger partial charge in [-0.2, -0.15) is 0 Å². The van der Waals surface area contributed by atoms with Crippen molar-refractivity contribution in [3.05, 3.63) is 66.4 Å². The Morgan fingerprint density at radius 3 is 2.61 bits per heavy atom. The zero-order chi connectivity index (χ0) is 23.4. The number of ether oxygens (including phenoxy) is 2. The normalized spacial score (nSPS) is 13.2. The molecule has 7 nitrogen and oxygen atoms in total. The number of nitrogens with zero attached hydrogens (tertiary/aromatic N) is 2. The molecule has 1 aromatic heterocycles. The van der Waals surface area contributed by atoms with Crippen molar-refractivity contribution in [3.63, 3.8) is 0 Å². The number of hydrogen-bond donors (Lipinski definition) is 2. The fourth-order valence-corrected chi connectivity index (χ4v) is 3.60. The molecule has 0 saturated heterocycles. The van der Waals surface area contributed by atoms with Gasteiger partial charge in [-0.25, -0.2) is 9.78 Å². The van der Waals surface area contributed by atoms with E-state index in [9.17, 15) is 18.0 Å². The number of nitrogens with one attached hydrogen (secondary N) is 2. The summed E-state index contributed by atoms with van der Waals surface area (Å²) >= 11 is 0. The van der Waals surface area contributed by atoms with Gasteiger partial charge >= 0.3 is 12.4 Å². The van der Waals surface area contributed by atoms with Gasteiger partial charge in [0.1, 0.15) is 11.4 Å². The molecular formula is C23H21F3N4O3. The smallest absolute Gasteiger partial charge is 0.435 e. The van der Waals surface area contributed by atoms with Crippen LogP contribution >= 0.6 is 0 Å². The lowest BCUT2D eigenvalue weighted by atomic mass is 10.0. The molecule has 2 N–H and O–H groups in total. The molecular weight excluding hydrogens is 437 g/mol. The van der Waals surface area contributed by atoms with E-state index in [1.165, 1.54) is 17.7 Å². The average molecular weight is 458 g/mol. The van der Waals surface area contributed by atoms with E-state index in [2.05, 4.69) is 31.3 Å². The summed E-state index contributed by atoms with van der Waals surface area (Å²) in [6.07, 6.45) is -1.21. The Kier molecular flexibility index (Phi) is 6.25. The van der Waals surface area contributed by atoms with Crippen LogP contribution in [0.25, 0.3) is 0 Å². The lowest BCUT2D eigenvalue weighted by molar-refractivity contribution is -0.274. The van der Waals surface area contributed by atoms with Crippen LogP contribution in [-0.2, 0) is 6.42 Å². The van der Waals surface area contributed by atoms with Gasteiger partial charge in [-0.3, -0.25) is 0 Å². The number of fused-ring (bicyclic) bond motifs is 1. The van der Waals surface area contributed by atoms with Gasteiger partial charge in [-0.1, -0.05) is 12.1 Å². The molecule has 0 radical (unpaired) electrons. The van der Waals surface area contributed by atoms with Crippen molar-refractivity contribution in [1.82, 2.24) is 4.98 Å². The number of pyridine rings is 1. The predicted molar refractivity (Wildman–Crippen MR) is 118 cm³/mol. The van der Waals surface area contributed by atoms with Crippen molar-refractivity contribution in [2.24, 2.45) is 0 Å². The minimum Gasteiger partial charge on any atom is -0.435 e. The molecule has 1 aliphatic heterocycles. The number of aromatic nitrogens is 1. The van der Waals surface area contributed by atoms with Crippen LogP contribution in [0.3, 0.4) is 0 Å². The summed E-state index contributed by atoms with van der Waals surface area (Å²) in [5.41, 5.74) is 2.79. The number of aryl methyl sites for hydroxylation is 1. The van der Waals surface area contributed by atoms with Crippen LogP contribution in [0.4, 0.5) is 35.0 Å². The summed E-state index contributed by atoms with van der Waals surface area (Å²) in [7, 11) is 2.00. The van der Waals surface area contributed by atoms with Crippen molar-refractivity contribution >= 4 is 23.1 Å². The molecule has 0 aliphatic carbocycles. The summed E-state index contributed by atoms with van der Waals surface area (Å²) in [4.78, 5) is 18.8. The van der Waals surface area contributed by atoms with Gasteiger partial charge in [0.2, 0.25) is 5.88 Å². The second-order valence-corrected chi connectivity index (χ2v) is 7.40. The van der Waals surface area contributed by atoms with Crippen LogP contribution in [-0.4, -0.2) is 31.0 Å². The standard InChI is InChI=1S/C23H21F3N4O3/c1-30-14-4-6-15-5-2-8-19(20(15)30)32-21-18(7-3-13-27-21)29-22(31)28-16-9-11-17(12-10-16)33-23(24,25)26/h2-3,5,7-13H,4,6,14H2,1H3,(H2,28,29,31). The molecule has 10 heteroatoms. The van der Waals surface area contributed by atoms with Crippen molar-refractivity contribution in [3.8, 4) is 17.4 Å². The number of benzene rings is 2. The number of alkyl halides is 3. The monoisotopic (exact) mass is 458 g/mol. The van der Waals surface area contributed by atoms with Crippen LogP contribution in [0.1, 0.15) is 12.0 Å². The molecule has 33 heavy (non-hydrogen) atoms. The Balaban J connectivity index is 1.46. The highest BCUT2D eigenvalue weighted by molar-refractivity contribution is 6.00. The first-order valence-corrected chi connectivity index (χ1v) is 10.2. The van der Waals surface area contributed by atoms with E-state index in [4.69, 9.17) is 4.74 Å². The minimum absolute atomic E-state index is 0.217. The van der Waals surface area contributed by atoms with Crippen molar-refractivity contribution in [2.45, 2.75) is 19.2 Å². The summed E-state index contributed by atoms with van der Waals surface area (Å²) < 4.78 is 46.7. The van der Waals surface area contributed by atoms with Gasteiger partial charge in [0.15, 0.2) is 5.75 Å². The number of amides is 2. The predicted octanol–water partition coefficient (Wildman–Crippen LogP) is 5.80. The number of urea groups is 1. The number of halogens is 3. The van der Waals surface area contributed by atoms with Gasteiger partial charge in [-0.15, -0.1) is 13.2 Å². The summed E-state index contributed by atoms with van der Waals surface area (Å²) in [5.74, 6) is 0.471. The van der Waals surface area contributed by atoms with Gasteiger partial charge < -0.3 is 25.0 Å². The SMILES string of the molecule is CN1CCCc2cccc(Oc3ncccc3NC(=O)Nc3ccc(OC(F)(F)F)cc3)c21. The van der Waals surface area contributed by atoms with E-state index >= 15 is 0 Å². The zero-order valence-corrected chi connectivity index (χ0v) is 17.6. The zero-order valence-electron chi connectivity index (χ0n) is 17.6. The Labute approximate surface area is 188 Å². The van der Waals surface area contributed by atoms with Gasteiger partial charge in [0.05, 0.1) is 5.69 Å². The second-order valence-electron chi connectivity index (χ2n) is 7.40. The highest BCUT2D eigenvalue weighted by Crippen LogP contribution is 2.39. The largest absolute Gasteiger partial charge is 0.573 e. The third kappa shape index (κ3) is 5.65. The quantitative estimate of drug-likeness (QED) is 0.506. The Morgan fingerprint density at radius 1 is 1.06 bits per heavy atom. The number of anilines is 3. The van der Waals surface area contributed by atoms with Crippen LogP contribution < -0.4 is 25.0 Å². The lowest BCUT2D eigenvalue weighted by Crippen LogP contribution is -2.25. The highest BCUT2D eigenvalue weighted by Gasteiger charge is 2.31. The molecule has 172 valence electrons. The molecule has 4 rings (SSSR count). The van der Waals surface area contributed by atoms with Crippen molar-refractivity contribution in [1.29, 1.82) is 0 Å². The maximum Gasteiger partial charge on any atom is 0.573 e. The van der Waals surface area contributed by atoms with E-state index in [1.54, 1.807) is 18.3 Å². The molecule has 0 fully saturated rings. The fraction of sp³-hybridized carbons (Fsp3) is 0.217. The Bertz CT molecular complexity index is 1140. The van der Waals surface area contributed by atoms with E-state index in [0.29, 0.717) is 11.4 Å². The molecule has 0 bridgehead atoms. The van der Waals surface area contributed by atoms with Crippen LogP contribution in [0, 0.1) is 0 Å². The number of para-hydroxylation sites is 1. The number of rotatable bonds is 5. The Morgan fingerprint density at radius 2 is 1.85 bits per heavy atom. The highest BCUT2D eigenvalue weighted by atomic mass is 19.4. The summed E-state index contributed by atoms with van der Waals surface area (Å²) in [6.45, 7) is 0.913. The lowest BCUT2D eigenvalue weighted by Gasteiger charge is -2.29. The van der Waals surface area contributed by atoms with Gasteiger partial charge in [0.25, 0.3) is 0 Å². The topological polar surface area (TPSA) is 75.7 Å². The van der Waals surface area contributed by atoms with Crippen LogP contribution in [0.5, 0.6) is 17.4 Å². The molecule has 3 aromatic rings. The van der Waals surface area contributed by atoms with E-state index in [0.717, 1.165) is 37.2 Å². The number of carbonyl (C=O) groups excluding carboxylic acids is 1. The van der Waals surface area contributed by atoms with Crippen LogP contribution in [0.15, 0.2) is 60.8 Å². The Hall–Kier alpha value is -3.95. The molecule has 0 unspecified atom stereocenters. The third-order valence-electron chi connectivity index (χ3n) is 4.98. The van der Waals surface area contributed by atoms with E-state index < -0.39 is 12.4 Å². The average Bonchev–Trinajstić information content (AvgIpc) is 2.76. The molecule has 0 spiro atoms. The first kappa shape index (κ1) is 22.3. The molecule has 2 amide bonds. The van der Waals surface area contributed by atoms with Gasteiger partial charge in [0, 0.05) is 25.5 Å². The summed E-state index contributed by atoms with van der Waals surface area (Å²) in [6, 6.07) is 13.3. The van der Waals surface area contributed by atoms with Gasteiger partial charge in [-0.05, 0) is 60.9 Å². The first-order chi connectivity index (χ1) is 15.8. The van der Waals surface area contributed by atoms with E-state index in [-0.39, 0.29) is 17.3 Å². The second kappa shape index (κ2) is 9.27. The van der Waals surface area contributed by atoms with Crippen LogP contribution in [0.2, 0.25) is 0 Å². The number of hydrogen-bond acceptors (Lipinski definition) is 5. The maximum absolute atomic E-state index is 12.5. The molecule has 0 saturated carbocycles. The van der Waals surface area contributed by atoms with E-state index in [1.807, 2.05) is 19.2 Å². The molecule has 2 heterocycles. The summed E-state index contributed by atoms with van der Waals surface area (Å²) in [5, 5.41) is 5.21. The third-order valence-corrected chi connectivity index (χ3v) is 4.98. The first-order valence-electron chi connectivity index (χ1n) is 10.2. The minimum atomic E-state index is -4.78. The van der Waals surface area contributed by atoms with Crippen molar-refractivity contribution in [2.75, 3.05) is 29.1 Å². The fourth-order valence-electron chi connectivity index (χ4n) is 3.60. The number of carbonyl (C=O) groups is 1. The molecule has 0 atom stereocenters. The molecule has 1 aliphatic rings. The maximum atomic E-state index is 12.5.